The summed E-state index contributed by atoms with van der Waals surface area (Å²) in [6, 6.07) is 0. The second kappa shape index (κ2) is 4.60. The van der Waals surface area contributed by atoms with Crippen molar-refractivity contribution < 1.29 is 0 Å². The highest BCUT2D eigenvalue weighted by Crippen LogP contribution is 2.22. The third-order valence-corrected chi connectivity index (χ3v) is 2.58. The zero-order valence-electron chi connectivity index (χ0n) is 9.89. The maximum absolute atomic E-state index is 4.47. The van der Waals surface area contributed by atoms with Gasteiger partial charge in [-0.1, -0.05) is 13.8 Å². The fourth-order valence-corrected chi connectivity index (χ4v) is 2.01. The summed E-state index contributed by atoms with van der Waals surface area (Å²) in [6.45, 7) is 7.57. The van der Waals surface area contributed by atoms with E-state index in [9.17, 15) is 0 Å². The summed E-state index contributed by atoms with van der Waals surface area (Å²) in [5.41, 5.74) is 3.96. The zero-order chi connectivity index (χ0) is 10.7. The van der Waals surface area contributed by atoms with Crippen LogP contribution in [0.2, 0.25) is 0 Å². The van der Waals surface area contributed by atoms with Crippen molar-refractivity contribution in [2.45, 2.75) is 33.1 Å². The standard InChI is InChI=1S/C11H21N3/c1-8(2)11-9(3)13-14(5)10(11)6-7-12-4/h8,12H,6-7H2,1-5H3. The van der Waals surface area contributed by atoms with Crippen LogP contribution in [0.5, 0.6) is 0 Å². The first-order chi connectivity index (χ1) is 6.57. The van der Waals surface area contributed by atoms with Gasteiger partial charge in [-0.2, -0.15) is 5.10 Å². The summed E-state index contributed by atoms with van der Waals surface area (Å²) >= 11 is 0. The van der Waals surface area contributed by atoms with Crippen molar-refractivity contribution in [2.24, 2.45) is 7.05 Å². The maximum atomic E-state index is 4.47. The number of rotatable bonds is 4. The molecule has 0 fully saturated rings. The molecule has 1 aromatic rings. The largest absolute Gasteiger partial charge is 0.319 e. The van der Waals surface area contributed by atoms with E-state index in [0.717, 1.165) is 13.0 Å². The predicted molar refractivity (Wildman–Crippen MR) is 59.7 cm³/mol. The van der Waals surface area contributed by atoms with E-state index in [1.165, 1.54) is 17.0 Å². The molecule has 0 atom stereocenters. The van der Waals surface area contributed by atoms with Crippen molar-refractivity contribution >= 4 is 0 Å². The molecule has 0 aliphatic rings. The van der Waals surface area contributed by atoms with Gasteiger partial charge in [0.1, 0.15) is 0 Å². The number of hydrogen-bond donors (Lipinski definition) is 1. The average Bonchev–Trinajstić information content (AvgIpc) is 2.37. The lowest BCUT2D eigenvalue weighted by atomic mass is 9.99. The lowest BCUT2D eigenvalue weighted by Gasteiger charge is -2.09. The van der Waals surface area contributed by atoms with Gasteiger partial charge in [0.05, 0.1) is 5.69 Å². The summed E-state index contributed by atoms with van der Waals surface area (Å²) < 4.78 is 2.02. The molecule has 1 heterocycles. The number of nitrogens with zero attached hydrogens (tertiary/aromatic N) is 2. The normalized spacial score (nSPS) is 11.3. The van der Waals surface area contributed by atoms with Gasteiger partial charge in [0.15, 0.2) is 0 Å². The average molecular weight is 195 g/mol. The number of likely N-dealkylation sites (N-methyl/N-ethyl adjacent to an activating group) is 1. The molecule has 0 aliphatic heterocycles. The molecule has 0 saturated heterocycles. The molecule has 0 aromatic carbocycles. The highest BCUT2D eigenvalue weighted by atomic mass is 15.3. The fourth-order valence-electron chi connectivity index (χ4n) is 2.01. The van der Waals surface area contributed by atoms with Crippen molar-refractivity contribution in [3.8, 4) is 0 Å². The maximum Gasteiger partial charge on any atom is 0.0631 e. The highest BCUT2D eigenvalue weighted by Gasteiger charge is 2.14. The van der Waals surface area contributed by atoms with Crippen LogP contribution in [0.4, 0.5) is 0 Å². The molecule has 0 bridgehead atoms. The van der Waals surface area contributed by atoms with Crippen LogP contribution in [-0.2, 0) is 13.5 Å². The number of hydrogen-bond acceptors (Lipinski definition) is 2. The quantitative estimate of drug-likeness (QED) is 0.791. The van der Waals surface area contributed by atoms with Gasteiger partial charge < -0.3 is 5.32 Å². The Morgan fingerprint density at radius 1 is 1.43 bits per heavy atom. The molecule has 0 unspecified atom stereocenters. The van der Waals surface area contributed by atoms with Gasteiger partial charge in [-0.15, -0.1) is 0 Å². The first-order valence-corrected chi connectivity index (χ1v) is 5.24. The van der Waals surface area contributed by atoms with Crippen LogP contribution in [-0.4, -0.2) is 23.4 Å². The Labute approximate surface area is 86.5 Å². The van der Waals surface area contributed by atoms with Crippen LogP contribution < -0.4 is 5.32 Å². The summed E-state index contributed by atoms with van der Waals surface area (Å²) in [4.78, 5) is 0. The lowest BCUT2D eigenvalue weighted by Crippen LogP contribution is -2.14. The van der Waals surface area contributed by atoms with Crippen LogP contribution in [0, 0.1) is 6.92 Å². The van der Waals surface area contributed by atoms with Crippen molar-refractivity contribution in [1.82, 2.24) is 15.1 Å². The van der Waals surface area contributed by atoms with E-state index in [-0.39, 0.29) is 0 Å². The summed E-state index contributed by atoms with van der Waals surface area (Å²) in [7, 11) is 4.02. The lowest BCUT2D eigenvalue weighted by molar-refractivity contribution is 0.670. The minimum atomic E-state index is 0.565. The van der Waals surface area contributed by atoms with E-state index in [0.29, 0.717) is 5.92 Å². The molecule has 0 radical (unpaired) electrons. The van der Waals surface area contributed by atoms with E-state index in [1.807, 2.05) is 18.8 Å². The molecule has 0 aliphatic carbocycles. The highest BCUT2D eigenvalue weighted by molar-refractivity contribution is 5.28. The predicted octanol–water partition coefficient (Wildman–Crippen LogP) is 1.61. The van der Waals surface area contributed by atoms with E-state index in [4.69, 9.17) is 0 Å². The molecule has 80 valence electrons. The second-order valence-corrected chi connectivity index (χ2v) is 4.08. The Kier molecular flexibility index (Phi) is 3.69. The number of aryl methyl sites for hydroxylation is 2. The minimum Gasteiger partial charge on any atom is -0.319 e. The Balaban J connectivity index is 2.99. The topological polar surface area (TPSA) is 29.9 Å². The Hall–Kier alpha value is -0.830. The van der Waals surface area contributed by atoms with E-state index in [1.54, 1.807) is 0 Å². The molecule has 1 N–H and O–H groups in total. The summed E-state index contributed by atoms with van der Waals surface area (Å²) in [6.07, 6.45) is 1.06. The van der Waals surface area contributed by atoms with Gasteiger partial charge in [-0.25, -0.2) is 0 Å². The van der Waals surface area contributed by atoms with Gasteiger partial charge in [0.2, 0.25) is 0 Å². The van der Waals surface area contributed by atoms with Gasteiger partial charge in [-0.05, 0) is 25.5 Å². The van der Waals surface area contributed by atoms with Crippen LogP contribution in [0.15, 0.2) is 0 Å². The smallest absolute Gasteiger partial charge is 0.0631 e. The number of aromatic nitrogens is 2. The van der Waals surface area contributed by atoms with E-state index in [2.05, 4.69) is 31.2 Å². The molecule has 3 heteroatoms. The molecule has 3 nitrogen and oxygen atoms in total. The molecule has 1 rings (SSSR count). The fraction of sp³-hybridized carbons (Fsp3) is 0.727. The second-order valence-electron chi connectivity index (χ2n) is 4.08. The van der Waals surface area contributed by atoms with Crippen molar-refractivity contribution in [1.29, 1.82) is 0 Å². The van der Waals surface area contributed by atoms with Crippen molar-refractivity contribution in [3.05, 3.63) is 17.0 Å². The molecule has 0 spiro atoms. The van der Waals surface area contributed by atoms with E-state index >= 15 is 0 Å². The summed E-state index contributed by atoms with van der Waals surface area (Å²) in [5.74, 6) is 0.565. The first-order valence-electron chi connectivity index (χ1n) is 5.24. The first kappa shape index (κ1) is 11.2. The van der Waals surface area contributed by atoms with Crippen LogP contribution in [0.25, 0.3) is 0 Å². The third kappa shape index (κ3) is 2.15. The molecule has 0 saturated carbocycles. The molecule has 1 aromatic heterocycles. The monoisotopic (exact) mass is 195 g/mol. The third-order valence-electron chi connectivity index (χ3n) is 2.58. The van der Waals surface area contributed by atoms with E-state index < -0.39 is 0 Å². The molecular weight excluding hydrogens is 174 g/mol. The van der Waals surface area contributed by atoms with Gasteiger partial charge in [-0.3, -0.25) is 4.68 Å². The van der Waals surface area contributed by atoms with Crippen LogP contribution in [0.3, 0.4) is 0 Å². The van der Waals surface area contributed by atoms with Crippen LogP contribution in [0.1, 0.15) is 36.7 Å². The Morgan fingerprint density at radius 2 is 2.07 bits per heavy atom. The van der Waals surface area contributed by atoms with Crippen LogP contribution >= 0.6 is 0 Å². The van der Waals surface area contributed by atoms with Gasteiger partial charge in [0.25, 0.3) is 0 Å². The minimum absolute atomic E-state index is 0.565. The zero-order valence-corrected chi connectivity index (χ0v) is 9.89. The van der Waals surface area contributed by atoms with Gasteiger partial charge in [0, 0.05) is 25.7 Å². The van der Waals surface area contributed by atoms with Crippen molar-refractivity contribution in [3.63, 3.8) is 0 Å². The molecule has 14 heavy (non-hydrogen) atoms. The Morgan fingerprint density at radius 3 is 2.57 bits per heavy atom. The van der Waals surface area contributed by atoms with Crippen molar-refractivity contribution in [2.75, 3.05) is 13.6 Å². The Bertz CT molecular complexity index is 300. The SMILES string of the molecule is CNCCc1c(C(C)C)c(C)nn1C. The summed E-state index contributed by atoms with van der Waals surface area (Å²) in [5, 5.41) is 7.65. The molecular formula is C11H21N3. The number of nitrogens with one attached hydrogen (secondary N) is 1. The van der Waals surface area contributed by atoms with Gasteiger partial charge >= 0.3 is 0 Å². The molecule has 0 amide bonds.